The van der Waals surface area contributed by atoms with E-state index in [1.165, 1.54) is 5.56 Å². The molecule has 0 unspecified atom stereocenters. The first-order chi connectivity index (χ1) is 15.3. The van der Waals surface area contributed by atoms with Crippen LogP contribution in [0.4, 0.5) is 5.95 Å². The van der Waals surface area contributed by atoms with Crippen molar-refractivity contribution in [3.8, 4) is 11.5 Å². The van der Waals surface area contributed by atoms with Crippen molar-refractivity contribution in [3.63, 3.8) is 0 Å². The molecule has 0 saturated carbocycles. The lowest BCUT2D eigenvalue weighted by Gasteiger charge is -2.34. The average molecular weight is 426 g/mol. The van der Waals surface area contributed by atoms with Gasteiger partial charge in [0.2, 0.25) is 12.7 Å². The average Bonchev–Trinajstić information content (AvgIpc) is 3.28. The molecule has 9 heteroatoms. The standard InChI is InChI=1S/C22H31N7O2/c1-2-23-21(24-9-6-18-4-5-19-20(16-18)31-17-30-19)25-10-11-28-12-14-29(15-13-28)22-26-7-3-8-27-22/h3-5,7-8,16H,2,6,9-15,17H2,1H3,(H2,23,24,25). The molecule has 1 aromatic carbocycles. The number of rotatable bonds is 8. The van der Waals surface area contributed by atoms with Crippen LogP contribution in [0.2, 0.25) is 0 Å². The van der Waals surface area contributed by atoms with Crippen LogP contribution in [0.5, 0.6) is 11.5 Å². The van der Waals surface area contributed by atoms with E-state index in [1.54, 1.807) is 12.4 Å². The highest BCUT2D eigenvalue weighted by Crippen LogP contribution is 2.32. The lowest BCUT2D eigenvalue weighted by Crippen LogP contribution is -2.47. The monoisotopic (exact) mass is 425 g/mol. The van der Waals surface area contributed by atoms with Gasteiger partial charge in [-0.2, -0.15) is 0 Å². The Morgan fingerprint density at radius 1 is 1.06 bits per heavy atom. The Hall–Kier alpha value is -3.07. The van der Waals surface area contributed by atoms with E-state index in [9.17, 15) is 0 Å². The predicted octanol–water partition coefficient (Wildman–Crippen LogP) is 1.13. The van der Waals surface area contributed by atoms with Crippen LogP contribution in [0.1, 0.15) is 12.5 Å². The number of ether oxygens (including phenoxy) is 2. The van der Waals surface area contributed by atoms with Gasteiger partial charge in [-0.05, 0) is 37.1 Å². The summed E-state index contributed by atoms with van der Waals surface area (Å²) in [5.41, 5.74) is 1.22. The molecule has 0 amide bonds. The summed E-state index contributed by atoms with van der Waals surface area (Å²) in [6, 6.07) is 7.96. The van der Waals surface area contributed by atoms with Gasteiger partial charge in [0.05, 0.1) is 6.54 Å². The van der Waals surface area contributed by atoms with Gasteiger partial charge >= 0.3 is 0 Å². The number of fused-ring (bicyclic) bond motifs is 1. The van der Waals surface area contributed by atoms with Crippen LogP contribution in [0.15, 0.2) is 41.7 Å². The Kier molecular flexibility index (Phi) is 7.38. The van der Waals surface area contributed by atoms with E-state index >= 15 is 0 Å². The molecule has 1 saturated heterocycles. The third-order valence-corrected chi connectivity index (χ3v) is 5.38. The predicted molar refractivity (Wildman–Crippen MR) is 121 cm³/mol. The molecule has 2 aromatic rings. The minimum Gasteiger partial charge on any atom is -0.454 e. The highest BCUT2D eigenvalue weighted by Gasteiger charge is 2.18. The topological polar surface area (TPSA) is 87.1 Å². The third-order valence-electron chi connectivity index (χ3n) is 5.38. The zero-order chi connectivity index (χ0) is 21.3. The molecule has 31 heavy (non-hydrogen) atoms. The summed E-state index contributed by atoms with van der Waals surface area (Å²) in [7, 11) is 0. The van der Waals surface area contributed by atoms with Gasteiger partial charge in [-0.15, -0.1) is 0 Å². The number of aliphatic imine (C=N–C) groups is 1. The molecule has 0 bridgehead atoms. The maximum absolute atomic E-state index is 5.45. The van der Waals surface area contributed by atoms with E-state index < -0.39 is 0 Å². The van der Waals surface area contributed by atoms with Crippen molar-refractivity contribution in [2.45, 2.75) is 13.3 Å². The second kappa shape index (κ2) is 10.8. The van der Waals surface area contributed by atoms with E-state index in [0.29, 0.717) is 6.79 Å². The van der Waals surface area contributed by atoms with Gasteiger partial charge in [0.15, 0.2) is 17.5 Å². The minimum absolute atomic E-state index is 0.309. The van der Waals surface area contributed by atoms with Crippen LogP contribution in [-0.2, 0) is 6.42 Å². The van der Waals surface area contributed by atoms with Gasteiger partial charge < -0.3 is 25.0 Å². The number of hydrogen-bond donors (Lipinski definition) is 2. The fraction of sp³-hybridized carbons (Fsp3) is 0.500. The van der Waals surface area contributed by atoms with Crippen molar-refractivity contribution in [2.24, 2.45) is 4.99 Å². The number of nitrogens with zero attached hydrogens (tertiary/aromatic N) is 5. The maximum Gasteiger partial charge on any atom is 0.231 e. The first-order valence-corrected chi connectivity index (χ1v) is 11.0. The number of guanidine groups is 1. The van der Waals surface area contributed by atoms with Crippen LogP contribution < -0.4 is 25.0 Å². The van der Waals surface area contributed by atoms with Crippen LogP contribution in [0.3, 0.4) is 0 Å². The van der Waals surface area contributed by atoms with Crippen molar-refractivity contribution in [3.05, 3.63) is 42.2 Å². The summed E-state index contributed by atoms with van der Waals surface area (Å²) >= 11 is 0. The lowest BCUT2D eigenvalue weighted by molar-refractivity contribution is 0.174. The number of aromatic nitrogens is 2. The van der Waals surface area contributed by atoms with Crippen LogP contribution in [0, 0.1) is 0 Å². The van der Waals surface area contributed by atoms with Gasteiger partial charge in [-0.1, -0.05) is 6.07 Å². The highest BCUT2D eigenvalue weighted by molar-refractivity contribution is 5.79. The van der Waals surface area contributed by atoms with Gasteiger partial charge in [0, 0.05) is 58.2 Å². The zero-order valence-electron chi connectivity index (χ0n) is 18.1. The largest absolute Gasteiger partial charge is 0.454 e. The molecule has 2 aliphatic rings. The van der Waals surface area contributed by atoms with Crippen LogP contribution in [0.25, 0.3) is 0 Å². The van der Waals surface area contributed by atoms with Crippen molar-refractivity contribution in [2.75, 3.05) is 64.1 Å². The maximum atomic E-state index is 5.45. The summed E-state index contributed by atoms with van der Waals surface area (Å²) < 4.78 is 10.8. The fourth-order valence-electron chi connectivity index (χ4n) is 3.69. The molecule has 0 spiro atoms. The van der Waals surface area contributed by atoms with E-state index in [4.69, 9.17) is 14.5 Å². The number of benzene rings is 1. The van der Waals surface area contributed by atoms with E-state index in [1.807, 2.05) is 18.2 Å². The normalized spacial score (nSPS) is 16.4. The zero-order valence-corrected chi connectivity index (χ0v) is 18.1. The molecular weight excluding hydrogens is 394 g/mol. The second-order valence-electron chi connectivity index (χ2n) is 7.50. The summed E-state index contributed by atoms with van der Waals surface area (Å²) in [6.45, 7) is 9.65. The molecule has 9 nitrogen and oxygen atoms in total. The van der Waals surface area contributed by atoms with Crippen molar-refractivity contribution < 1.29 is 9.47 Å². The SMILES string of the molecule is CCNC(=NCCN1CCN(c2ncccn2)CC1)NCCc1ccc2c(c1)OCO2. The quantitative estimate of drug-likeness (QED) is 0.481. The van der Waals surface area contributed by atoms with Gasteiger partial charge in [0.25, 0.3) is 0 Å². The van der Waals surface area contributed by atoms with Crippen molar-refractivity contribution in [1.29, 1.82) is 0 Å². The molecule has 1 aromatic heterocycles. The molecule has 0 aliphatic carbocycles. The summed E-state index contributed by atoms with van der Waals surface area (Å²) in [5, 5.41) is 6.75. The van der Waals surface area contributed by atoms with Gasteiger partial charge in [-0.25, -0.2) is 9.97 Å². The smallest absolute Gasteiger partial charge is 0.231 e. The Morgan fingerprint density at radius 2 is 1.87 bits per heavy atom. The number of piperazine rings is 1. The van der Waals surface area contributed by atoms with Crippen molar-refractivity contribution >= 4 is 11.9 Å². The second-order valence-corrected chi connectivity index (χ2v) is 7.50. The number of hydrogen-bond acceptors (Lipinski definition) is 7. The molecule has 2 aliphatic heterocycles. The van der Waals surface area contributed by atoms with Crippen LogP contribution >= 0.6 is 0 Å². The first-order valence-electron chi connectivity index (χ1n) is 11.0. The van der Waals surface area contributed by atoms with E-state index in [0.717, 1.165) is 82.2 Å². The molecular formula is C22H31N7O2. The Labute approximate surface area is 183 Å². The van der Waals surface area contributed by atoms with Gasteiger partial charge in [0.1, 0.15) is 0 Å². The van der Waals surface area contributed by atoms with Gasteiger partial charge in [-0.3, -0.25) is 9.89 Å². The summed E-state index contributed by atoms with van der Waals surface area (Å²) in [6.07, 6.45) is 4.49. The number of nitrogens with one attached hydrogen (secondary N) is 2. The first kappa shape index (κ1) is 21.2. The molecule has 0 atom stereocenters. The van der Waals surface area contributed by atoms with Crippen molar-refractivity contribution in [1.82, 2.24) is 25.5 Å². The minimum atomic E-state index is 0.309. The highest BCUT2D eigenvalue weighted by atomic mass is 16.7. The molecule has 3 heterocycles. The number of anilines is 1. The van der Waals surface area contributed by atoms with E-state index in [-0.39, 0.29) is 0 Å². The Bertz CT molecular complexity index is 854. The van der Waals surface area contributed by atoms with E-state index in [2.05, 4.69) is 43.4 Å². The Morgan fingerprint density at radius 3 is 2.68 bits per heavy atom. The molecule has 1 fully saturated rings. The summed E-state index contributed by atoms with van der Waals surface area (Å²) in [5.74, 6) is 3.33. The fourth-order valence-corrected chi connectivity index (χ4v) is 3.69. The molecule has 2 N–H and O–H groups in total. The Balaban J connectivity index is 1.18. The molecule has 166 valence electrons. The molecule has 0 radical (unpaired) electrons. The molecule has 4 rings (SSSR count). The lowest BCUT2D eigenvalue weighted by atomic mass is 10.1. The van der Waals surface area contributed by atoms with Crippen LogP contribution in [-0.4, -0.2) is 80.0 Å². The summed E-state index contributed by atoms with van der Waals surface area (Å²) in [4.78, 5) is 18.1. The third kappa shape index (κ3) is 5.97.